The lowest BCUT2D eigenvalue weighted by Gasteiger charge is -2.11. The maximum atomic E-state index is 5.77. The molecule has 1 heterocycles. The summed E-state index contributed by atoms with van der Waals surface area (Å²) in [5.74, 6) is 1.41. The van der Waals surface area contributed by atoms with Gasteiger partial charge in [0, 0.05) is 18.2 Å². The van der Waals surface area contributed by atoms with Gasteiger partial charge in [-0.2, -0.15) is 0 Å². The van der Waals surface area contributed by atoms with E-state index in [0.29, 0.717) is 24.6 Å². The molecule has 1 aromatic heterocycles. The van der Waals surface area contributed by atoms with Gasteiger partial charge in [0.25, 0.3) is 0 Å². The van der Waals surface area contributed by atoms with Gasteiger partial charge < -0.3 is 15.2 Å². The van der Waals surface area contributed by atoms with Gasteiger partial charge in [0.05, 0.1) is 26.5 Å². The fraction of sp³-hybridized carbons (Fsp3) is 0.333. The van der Waals surface area contributed by atoms with E-state index in [9.17, 15) is 0 Å². The van der Waals surface area contributed by atoms with Gasteiger partial charge >= 0.3 is 0 Å². The van der Waals surface area contributed by atoms with Gasteiger partial charge in [-0.15, -0.1) is 5.10 Å². The Hall–Kier alpha value is -2.34. The smallest absolute Gasteiger partial charge is 0.123 e. The predicted molar refractivity (Wildman–Crippen MR) is 81.3 cm³/mol. The van der Waals surface area contributed by atoms with Crippen molar-refractivity contribution in [3.05, 3.63) is 36.0 Å². The van der Waals surface area contributed by atoms with Crippen LogP contribution in [0, 0.1) is 0 Å². The van der Waals surface area contributed by atoms with Crippen LogP contribution >= 0.6 is 0 Å². The molecule has 2 N–H and O–H groups in total. The monoisotopic (exact) mass is 288 g/mol. The van der Waals surface area contributed by atoms with Gasteiger partial charge in [-0.3, -0.25) is 0 Å². The van der Waals surface area contributed by atoms with Crippen molar-refractivity contribution in [2.45, 2.75) is 20.0 Å². The molecule has 0 saturated heterocycles. The van der Waals surface area contributed by atoms with Crippen LogP contribution in [0.5, 0.6) is 11.5 Å². The third-order valence-corrected chi connectivity index (χ3v) is 3.04. The topological polar surface area (TPSA) is 75.2 Å². The van der Waals surface area contributed by atoms with Gasteiger partial charge in [0.1, 0.15) is 17.2 Å². The molecule has 0 bridgehead atoms. The van der Waals surface area contributed by atoms with Crippen LogP contribution in [-0.2, 0) is 13.1 Å². The van der Waals surface area contributed by atoms with E-state index in [1.165, 1.54) is 0 Å². The average Bonchev–Trinajstić information content (AvgIpc) is 2.88. The van der Waals surface area contributed by atoms with Crippen LogP contribution in [-0.4, -0.2) is 29.2 Å². The Morgan fingerprint density at radius 1 is 1.24 bits per heavy atom. The quantitative estimate of drug-likeness (QED) is 0.823. The lowest BCUT2D eigenvalue weighted by molar-refractivity contribution is 0.394. The van der Waals surface area contributed by atoms with Crippen LogP contribution in [0.15, 0.2) is 30.4 Å². The minimum atomic E-state index is 0.311. The molecule has 2 aromatic rings. The molecule has 112 valence electrons. The van der Waals surface area contributed by atoms with Crippen molar-refractivity contribution in [1.29, 1.82) is 0 Å². The summed E-state index contributed by atoms with van der Waals surface area (Å²) < 4.78 is 12.4. The maximum Gasteiger partial charge on any atom is 0.123 e. The fourth-order valence-electron chi connectivity index (χ4n) is 2.11. The summed E-state index contributed by atoms with van der Waals surface area (Å²) in [5, 5.41) is 8.30. The summed E-state index contributed by atoms with van der Waals surface area (Å²) in [6.07, 6.45) is 0. The minimum absolute atomic E-state index is 0.311. The van der Waals surface area contributed by atoms with Crippen LogP contribution in [0.3, 0.4) is 0 Å². The normalized spacial score (nSPS) is 10.5. The van der Waals surface area contributed by atoms with Gasteiger partial charge in [0.15, 0.2) is 0 Å². The molecule has 0 fully saturated rings. The molecule has 0 atom stereocenters. The van der Waals surface area contributed by atoms with Crippen molar-refractivity contribution in [3.63, 3.8) is 0 Å². The highest BCUT2D eigenvalue weighted by molar-refractivity contribution is 5.66. The van der Waals surface area contributed by atoms with Crippen molar-refractivity contribution < 1.29 is 9.47 Å². The molecule has 0 aliphatic rings. The molecule has 0 amide bonds. The Balaban J connectivity index is 2.58. The number of hydrogen-bond donors (Lipinski definition) is 1. The van der Waals surface area contributed by atoms with E-state index in [-0.39, 0.29) is 0 Å². The Morgan fingerprint density at radius 2 is 1.86 bits per heavy atom. The number of hydrogen-bond acceptors (Lipinski definition) is 5. The number of aromatic nitrogens is 3. The third-order valence-electron chi connectivity index (χ3n) is 3.04. The summed E-state index contributed by atoms with van der Waals surface area (Å²) in [6.45, 7) is 6.76. The second kappa shape index (κ2) is 6.41. The second-order valence-electron chi connectivity index (χ2n) is 4.80. The Labute approximate surface area is 124 Å². The van der Waals surface area contributed by atoms with E-state index >= 15 is 0 Å². The largest absolute Gasteiger partial charge is 0.497 e. The Morgan fingerprint density at radius 3 is 2.33 bits per heavy atom. The molecular formula is C15H20N4O2. The first kappa shape index (κ1) is 15.1. The SMILES string of the molecule is C=C(C)Cn1nnc(CN)c1-c1cc(OC)cc(OC)c1. The lowest BCUT2D eigenvalue weighted by Crippen LogP contribution is -2.05. The molecule has 21 heavy (non-hydrogen) atoms. The van der Waals surface area contributed by atoms with Crippen LogP contribution in [0.25, 0.3) is 11.3 Å². The number of ether oxygens (including phenoxy) is 2. The number of methoxy groups -OCH3 is 2. The molecule has 0 unspecified atom stereocenters. The molecular weight excluding hydrogens is 268 g/mol. The summed E-state index contributed by atoms with van der Waals surface area (Å²) in [5.41, 5.74) is 9.25. The second-order valence-corrected chi connectivity index (χ2v) is 4.80. The zero-order valence-corrected chi connectivity index (χ0v) is 12.6. The maximum absolute atomic E-state index is 5.77. The first-order valence-electron chi connectivity index (χ1n) is 6.59. The average molecular weight is 288 g/mol. The number of allylic oxidation sites excluding steroid dienone is 1. The molecule has 1 aromatic carbocycles. The molecule has 6 nitrogen and oxygen atoms in total. The van der Waals surface area contributed by atoms with E-state index in [1.54, 1.807) is 18.9 Å². The van der Waals surface area contributed by atoms with E-state index in [2.05, 4.69) is 16.9 Å². The van der Waals surface area contributed by atoms with Gasteiger partial charge in [0.2, 0.25) is 0 Å². The molecule has 0 radical (unpaired) electrons. The third kappa shape index (κ3) is 3.22. The van der Waals surface area contributed by atoms with Crippen molar-refractivity contribution >= 4 is 0 Å². The number of nitrogens with zero attached hydrogens (tertiary/aromatic N) is 3. The van der Waals surface area contributed by atoms with Crippen LogP contribution in [0.2, 0.25) is 0 Å². The van der Waals surface area contributed by atoms with Crippen LogP contribution in [0.1, 0.15) is 12.6 Å². The summed E-state index contributed by atoms with van der Waals surface area (Å²) in [4.78, 5) is 0. The van der Waals surface area contributed by atoms with Crippen molar-refractivity contribution in [2.24, 2.45) is 5.73 Å². The fourth-order valence-corrected chi connectivity index (χ4v) is 2.11. The summed E-state index contributed by atoms with van der Waals surface area (Å²) in [6, 6.07) is 5.64. The lowest BCUT2D eigenvalue weighted by atomic mass is 10.1. The highest BCUT2D eigenvalue weighted by Gasteiger charge is 2.16. The molecule has 0 spiro atoms. The number of benzene rings is 1. The van der Waals surface area contributed by atoms with Gasteiger partial charge in [-0.05, 0) is 19.1 Å². The van der Waals surface area contributed by atoms with E-state index < -0.39 is 0 Å². The highest BCUT2D eigenvalue weighted by Crippen LogP contribution is 2.31. The first-order chi connectivity index (χ1) is 10.1. The Kier molecular flexibility index (Phi) is 4.59. The molecule has 0 aliphatic heterocycles. The standard InChI is InChI=1S/C15H20N4O2/c1-10(2)9-19-15(14(8-16)17-18-19)11-5-12(20-3)7-13(6-11)21-4/h5-7H,1,8-9,16H2,2-4H3. The zero-order chi connectivity index (χ0) is 15.4. The van der Waals surface area contributed by atoms with Crippen molar-refractivity contribution in [1.82, 2.24) is 15.0 Å². The highest BCUT2D eigenvalue weighted by atomic mass is 16.5. The molecule has 2 rings (SSSR count). The minimum Gasteiger partial charge on any atom is -0.497 e. The number of rotatable bonds is 6. The summed E-state index contributed by atoms with van der Waals surface area (Å²) in [7, 11) is 3.23. The van der Waals surface area contributed by atoms with Gasteiger partial charge in [-0.1, -0.05) is 17.4 Å². The Bertz CT molecular complexity index is 627. The number of nitrogens with two attached hydrogens (primary N) is 1. The molecule has 0 saturated carbocycles. The predicted octanol–water partition coefficient (Wildman–Crippen LogP) is 2.00. The van der Waals surface area contributed by atoms with Gasteiger partial charge in [-0.25, -0.2) is 4.68 Å². The summed E-state index contributed by atoms with van der Waals surface area (Å²) >= 11 is 0. The van der Waals surface area contributed by atoms with Crippen molar-refractivity contribution in [2.75, 3.05) is 14.2 Å². The molecule has 6 heteroatoms. The van der Waals surface area contributed by atoms with Crippen LogP contribution in [0.4, 0.5) is 0 Å². The molecule has 0 aliphatic carbocycles. The van der Waals surface area contributed by atoms with E-state index in [0.717, 1.165) is 22.5 Å². The zero-order valence-electron chi connectivity index (χ0n) is 12.6. The van der Waals surface area contributed by atoms with Crippen LogP contribution < -0.4 is 15.2 Å². The first-order valence-corrected chi connectivity index (χ1v) is 6.59. The van der Waals surface area contributed by atoms with E-state index in [1.807, 2.05) is 25.1 Å². The van der Waals surface area contributed by atoms with Crippen molar-refractivity contribution in [3.8, 4) is 22.8 Å². The van der Waals surface area contributed by atoms with E-state index in [4.69, 9.17) is 15.2 Å².